The fourth-order valence-electron chi connectivity index (χ4n) is 0.908. The van der Waals surface area contributed by atoms with Crippen molar-refractivity contribution in [3.63, 3.8) is 0 Å². The summed E-state index contributed by atoms with van der Waals surface area (Å²) in [7, 11) is 0. The first-order valence-electron chi connectivity index (χ1n) is 3.48. The van der Waals surface area contributed by atoms with E-state index in [-0.39, 0.29) is 15.1 Å². The maximum absolute atomic E-state index is 13.0. The number of aliphatic hydroxyl groups excluding tert-OH is 1. The van der Waals surface area contributed by atoms with E-state index in [0.29, 0.717) is 0 Å². The van der Waals surface area contributed by atoms with E-state index in [9.17, 15) is 14.3 Å². The van der Waals surface area contributed by atoms with Gasteiger partial charge in [-0.3, -0.25) is 0 Å². The van der Waals surface area contributed by atoms with Gasteiger partial charge in [0.25, 0.3) is 0 Å². The Morgan fingerprint density at radius 3 is 2.64 bits per heavy atom. The van der Waals surface area contributed by atoms with Crippen molar-refractivity contribution in [1.82, 2.24) is 0 Å². The van der Waals surface area contributed by atoms with Gasteiger partial charge in [0.15, 0.2) is 6.10 Å². The van der Waals surface area contributed by atoms with Crippen LogP contribution in [0.3, 0.4) is 0 Å². The number of hydrogen-bond acceptors (Lipinski definition) is 2. The lowest BCUT2D eigenvalue weighted by atomic mass is 10.1. The standard InChI is InChI=1S/C8H5BrClFO3/c9-6-4(7(12)8(13)14)1-3(10)2-5(6)11/h1-2,7,12H,(H,13,14). The van der Waals surface area contributed by atoms with Gasteiger partial charge in [0, 0.05) is 10.6 Å². The smallest absolute Gasteiger partial charge is 0.337 e. The molecule has 1 unspecified atom stereocenters. The Hall–Kier alpha value is -0.650. The third-order valence-electron chi connectivity index (χ3n) is 1.55. The predicted molar refractivity (Wildman–Crippen MR) is 51.7 cm³/mol. The number of aliphatic carboxylic acids is 1. The largest absolute Gasteiger partial charge is 0.479 e. The summed E-state index contributed by atoms with van der Waals surface area (Å²) < 4.78 is 12.9. The van der Waals surface area contributed by atoms with Gasteiger partial charge in [-0.05, 0) is 28.1 Å². The SMILES string of the molecule is O=C(O)C(O)c1cc(Cl)cc(F)c1Br. The van der Waals surface area contributed by atoms with E-state index < -0.39 is 17.9 Å². The molecule has 0 heterocycles. The predicted octanol–water partition coefficient (Wildman–Crippen LogP) is 2.36. The van der Waals surface area contributed by atoms with Gasteiger partial charge in [0.05, 0.1) is 4.47 Å². The molecule has 6 heteroatoms. The quantitative estimate of drug-likeness (QED) is 0.819. The minimum Gasteiger partial charge on any atom is -0.479 e. The number of carbonyl (C=O) groups is 1. The Labute approximate surface area is 92.2 Å². The summed E-state index contributed by atoms with van der Waals surface area (Å²) in [6.45, 7) is 0. The van der Waals surface area contributed by atoms with Gasteiger partial charge < -0.3 is 10.2 Å². The highest BCUT2D eigenvalue weighted by Crippen LogP contribution is 2.29. The Morgan fingerprint density at radius 1 is 1.57 bits per heavy atom. The number of benzene rings is 1. The van der Waals surface area contributed by atoms with Crippen molar-refractivity contribution >= 4 is 33.5 Å². The Morgan fingerprint density at radius 2 is 2.14 bits per heavy atom. The van der Waals surface area contributed by atoms with Crippen molar-refractivity contribution in [3.8, 4) is 0 Å². The highest BCUT2D eigenvalue weighted by molar-refractivity contribution is 9.10. The zero-order valence-corrected chi connectivity index (χ0v) is 9.01. The topological polar surface area (TPSA) is 57.5 Å². The maximum Gasteiger partial charge on any atom is 0.337 e. The minimum atomic E-state index is -1.79. The molecule has 0 aliphatic carbocycles. The van der Waals surface area contributed by atoms with Crippen LogP contribution in [0.2, 0.25) is 5.02 Å². The van der Waals surface area contributed by atoms with Crippen LogP contribution in [0.4, 0.5) is 4.39 Å². The van der Waals surface area contributed by atoms with Crippen molar-refractivity contribution in [2.75, 3.05) is 0 Å². The molecule has 0 saturated heterocycles. The third kappa shape index (κ3) is 2.23. The first-order chi connectivity index (χ1) is 6.43. The van der Waals surface area contributed by atoms with Gasteiger partial charge in [0.2, 0.25) is 0 Å². The molecule has 76 valence electrons. The molecule has 3 nitrogen and oxygen atoms in total. The highest BCUT2D eigenvalue weighted by atomic mass is 79.9. The molecule has 0 fully saturated rings. The summed E-state index contributed by atoms with van der Waals surface area (Å²) in [5, 5.41) is 17.7. The van der Waals surface area contributed by atoms with E-state index in [1.54, 1.807) is 0 Å². The van der Waals surface area contributed by atoms with E-state index in [2.05, 4.69) is 15.9 Å². The summed E-state index contributed by atoms with van der Waals surface area (Å²) in [4.78, 5) is 10.4. The number of aliphatic hydroxyl groups is 1. The van der Waals surface area contributed by atoms with E-state index in [1.807, 2.05) is 0 Å². The van der Waals surface area contributed by atoms with Crippen molar-refractivity contribution in [2.24, 2.45) is 0 Å². The van der Waals surface area contributed by atoms with E-state index in [4.69, 9.17) is 16.7 Å². The fraction of sp³-hybridized carbons (Fsp3) is 0.125. The summed E-state index contributed by atoms with van der Waals surface area (Å²) in [6, 6.07) is 2.21. The lowest BCUT2D eigenvalue weighted by Crippen LogP contribution is -2.11. The first-order valence-corrected chi connectivity index (χ1v) is 4.66. The molecule has 0 saturated carbocycles. The number of hydrogen-bond donors (Lipinski definition) is 2. The number of halogens is 3. The van der Waals surface area contributed by atoms with Crippen molar-refractivity contribution < 1.29 is 19.4 Å². The third-order valence-corrected chi connectivity index (χ3v) is 2.60. The second-order valence-corrected chi connectivity index (χ2v) is 3.76. The molecular formula is C8H5BrClFO3. The fourth-order valence-corrected chi connectivity index (χ4v) is 1.57. The number of carboxylic acids is 1. The van der Waals surface area contributed by atoms with E-state index >= 15 is 0 Å². The Balaban J connectivity index is 3.26. The van der Waals surface area contributed by atoms with Crippen LogP contribution >= 0.6 is 27.5 Å². The van der Waals surface area contributed by atoms with Gasteiger partial charge in [-0.1, -0.05) is 11.6 Å². The molecule has 1 atom stereocenters. The molecular weight excluding hydrogens is 278 g/mol. The zero-order chi connectivity index (χ0) is 10.9. The van der Waals surface area contributed by atoms with E-state index in [1.165, 1.54) is 6.07 Å². The minimum absolute atomic E-state index is 0.0287. The van der Waals surface area contributed by atoms with Crippen LogP contribution in [0.5, 0.6) is 0 Å². The Bertz CT molecular complexity index is 383. The first kappa shape index (κ1) is 11.4. The molecule has 0 amide bonds. The number of rotatable bonds is 2. The number of carboxylic acid groups (broad SMARTS) is 1. The molecule has 0 radical (unpaired) electrons. The summed E-state index contributed by atoms with van der Waals surface area (Å²) in [5.41, 5.74) is -0.109. The van der Waals surface area contributed by atoms with Crippen LogP contribution in [0.1, 0.15) is 11.7 Å². The van der Waals surface area contributed by atoms with Crippen LogP contribution in [0, 0.1) is 5.82 Å². The summed E-state index contributed by atoms with van der Waals surface area (Å²) in [6.07, 6.45) is -1.79. The molecule has 1 rings (SSSR count). The molecule has 0 bridgehead atoms. The molecule has 0 spiro atoms. The lowest BCUT2D eigenvalue weighted by molar-refractivity contribution is -0.147. The van der Waals surface area contributed by atoms with Crippen LogP contribution in [0.25, 0.3) is 0 Å². The molecule has 1 aromatic carbocycles. The van der Waals surface area contributed by atoms with Crippen LogP contribution < -0.4 is 0 Å². The van der Waals surface area contributed by atoms with Crippen molar-refractivity contribution in [3.05, 3.63) is 33.0 Å². The molecule has 0 aliphatic heterocycles. The van der Waals surface area contributed by atoms with Crippen LogP contribution in [-0.2, 0) is 4.79 Å². The van der Waals surface area contributed by atoms with E-state index in [0.717, 1.165) is 6.07 Å². The summed E-state index contributed by atoms with van der Waals surface area (Å²) in [5.74, 6) is -2.18. The highest BCUT2D eigenvalue weighted by Gasteiger charge is 2.21. The van der Waals surface area contributed by atoms with Gasteiger partial charge in [-0.2, -0.15) is 0 Å². The Kier molecular flexibility index (Phi) is 3.47. The second-order valence-electron chi connectivity index (χ2n) is 2.53. The maximum atomic E-state index is 13.0. The molecule has 1 aromatic rings. The molecule has 2 N–H and O–H groups in total. The lowest BCUT2D eigenvalue weighted by Gasteiger charge is -2.09. The van der Waals surface area contributed by atoms with Crippen molar-refractivity contribution in [1.29, 1.82) is 0 Å². The van der Waals surface area contributed by atoms with Gasteiger partial charge >= 0.3 is 5.97 Å². The van der Waals surface area contributed by atoms with Crippen molar-refractivity contribution in [2.45, 2.75) is 6.10 Å². The van der Waals surface area contributed by atoms with Gasteiger partial charge in [0.1, 0.15) is 5.82 Å². The second kappa shape index (κ2) is 4.25. The molecule has 0 aromatic heterocycles. The normalized spacial score (nSPS) is 12.6. The zero-order valence-electron chi connectivity index (χ0n) is 6.67. The average molecular weight is 283 g/mol. The van der Waals surface area contributed by atoms with Gasteiger partial charge in [-0.25, -0.2) is 9.18 Å². The molecule has 0 aliphatic rings. The van der Waals surface area contributed by atoms with Gasteiger partial charge in [-0.15, -0.1) is 0 Å². The average Bonchev–Trinajstić information content (AvgIpc) is 2.09. The van der Waals surface area contributed by atoms with Crippen LogP contribution in [0.15, 0.2) is 16.6 Å². The van der Waals surface area contributed by atoms with Crippen LogP contribution in [-0.4, -0.2) is 16.2 Å². The summed E-state index contributed by atoms with van der Waals surface area (Å²) >= 11 is 8.33. The molecule has 14 heavy (non-hydrogen) atoms. The monoisotopic (exact) mass is 282 g/mol.